The van der Waals surface area contributed by atoms with Crippen molar-refractivity contribution in [1.82, 2.24) is 0 Å². The van der Waals surface area contributed by atoms with Gasteiger partial charge < -0.3 is 34.6 Å². The lowest BCUT2D eigenvalue weighted by Crippen LogP contribution is -2.48. The highest BCUT2D eigenvalue weighted by atomic mass is 19.1. The predicted molar refractivity (Wildman–Crippen MR) is 127 cm³/mol. The monoisotopic (exact) mass is 530 g/mol. The average Bonchev–Trinajstić information content (AvgIpc) is 2.87. The minimum absolute atomic E-state index is 0.0405. The maximum Gasteiger partial charge on any atom is 0.202 e. The summed E-state index contributed by atoms with van der Waals surface area (Å²) in [5.74, 6) is -3.42. The third kappa shape index (κ3) is 3.80. The van der Waals surface area contributed by atoms with E-state index in [9.17, 15) is 39.2 Å². The van der Waals surface area contributed by atoms with Crippen molar-refractivity contribution in [2.45, 2.75) is 69.5 Å². The number of hydrogen-bond acceptors (Lipinski definition) is 10. The van der Waals surface area contributed by atoms with Gasteiger partial charge in [-0.25, -0.2) is 4.39 Å². The Morgan fingerprint density at radius 2 is 1.82 bits per heavy atom. The van der Waals surface area contributed by atoms with E-state index in [1.54, 1.807) is 0 Å². The number of alkyl halides is 1. The molecule has 0 saturated carbocycles. The van der Waals surface area contributed by atoms with Gasteiger partial charge in [0.05, 0.1) is 42.1 Å². The van der Waals surface area contributed by atoms with Crippen LogP contribution in [0.1, 0.15) is 75.8 Å². The van der Waals surface area contributed by atoms with Crippen LogP contribution in [0.15, 0.2) is 18.2 Å². The molecule has 10 nitrogen and oxygen atoms in total. The van der Waals surface area contributed by atoms with Crippen molar-refractivity contribution in [3.63, 3.8) is 0 Å². The summed E-state index contributed by atoms with van der Waals surface area (Å²) >= 11 is 0. The number of phenolic OH excluding ortho intramolecular Hbond substituents is 2. The Hall–Kier alpha value is -3.38. The summed E-state index contributed by atoms with van der Waals surface area (Å²) in [4.78, 5) is 39.5. The molecule has 5 unspecified atom stereocenters. The van der Waals surface area contributed by atoms with Gasteiger partial charge in [0.15, 0.2) is 24.0 Å². The molecule has 1 aliphatic heterocycles. The van der Waals surface area contributed by atoms with Gasteiger partial charge in [-0.15, -0.1) is 0 Å². The summed E-state index contributed by atoms with van der Waals surface area (Å²) in [7, 11) is 1.32. The normalized spacial score (nSPS) is 30.3. The second-order valence-corrected chi connectivity index (χ2v) is 9.99. The molecule has 202 valence electrons. The highest BCUT2D eigenvalue weighted by molar-refractivity contribution is 6.31. The Morgan fingerprint density at radius 3 is 2.45 bits per heavy atom. The van der Waals surface area contributed by atoms with Crippen LogP contribution in [0.4, 0.5) is 4.39 Å². The number of halogens is 1. The Balaban J connectivity index is 1.68. The Bertz CT molecular complexity index is 1360. The van der Waals surface area contributed by atoms with Gasteiger partial charge in [0.2, 0.25) is 5.78 Å². The molecule has 2 aromatic carbocycles. The van der Waals surface area contributed by atoms with E-state index in [1.807, 2.05) is 0 Å². The Kier molecular flexibility index (Phi) is 6.30. The number of hydrogen-bond donors (Lipinski definition) is 4. The van der Waals surface area contributed by atoms with Gasteiger partial charge in [-0.2, -0.15) is 0 Å². The molecule has 38 heavy (non-hydrogen) atoms. The number of phenols is 2. The van der Waals surface area contributed by atoms with Crippen LogP contribution < -0.4 is 4.74 Å². The number of ketones is 3. The highest BCUT2D eigenvalue weighted by Gasteiger charge is 2.49. The number of aliphatic hydroxyl groups excluding tert-OH is 1. The molecular formula is C27H27FO10. The average molecular weight is 531 g/mol. The maximum absolute atomic E-state index is 14.1. The molecule has 0 bridgehead atoms. The zero-order valence-electron chi connectivity index (χ0n) is 20.9. The summed E-state index contributed by atoms with van der Waals surface area (Å²) < 4.78 is 30.8. The smallest absolute Gasteiger partial charge is 0.202 e. The van der Waals surface area contributed by atoms with Crippen LogP contribution >= 0.6 is 0 Å². The van der Waals surface area contributed by atoms with E-state index in [0.29, 0.717) is 0 Å². The Morgan fingerprint density at radius 1 is 1.13 bits per heavy atom. The zero-order chi connectivity index (χ0) is 27.7. The first-order chi connectivity index (χ1) is 17.9. The first kappa shape index (κ1) is 26.2. The predicted octanol–water partition coefficient (Wildman–Crippen LogP) is 2.04. The molecule has 1 saturated heterocycles. The summed E-state index contributed by atoms with van der Waals surface area (Å²) in [6, 6.07) is 4.37. The van der Waals surface area contributed by atoms with E-state index in [2.05, 4.69) is 0 Å². The quantitative estimate of drug-likeness (QED) is 0.368. The van der Waals surface area contributed by atoms with Crippen molar-refractivity contribution in [2.24, 2.45) is 0 Å². The van der Waals surface area contributed by atoms with Gasteiger partial charge in [0, 0.05) is 36.0 Å². The van der Waals surface area contributed by atoms with Crippen LogP contribution in [0, 0.1) is 0 Å². The van der Waals surface area contributed by atoms with E-state index in [0.717, 1.165) is 6.92 Å². The first-order valence-corrected chi connectivity index (χ1v) is 12.1. The van der Waals surface area contributed by atoms with Crippen LogP contribution in [-0.4, -0.2) is 75.2 Å². The molecule has 11 heteroatoms. The fourth-order valence-electron chi connectivity index (χ4n) is 5.58. The molecule has 2 aliphatic carbocycles. The standard InChI is InChI=1S/C27H27FO10/c1-10-22(28)14(30)7-17(37-10)38-16-9-27(35,11(2)29)8-13-19(16)26(34)21-20(24(13)32)23(31)12-5-4-6-15(36-3)18(12)25(21)33/h4-6,10,14,16-17,22,30,32,34-35H,7-9H2,1-3H3/t10?,14?,16?,17?,22?,27-/m0/s1. The first-order valence-electron chi connectivity index (χ1n) is 12.1. The van der Waals surface area contributed by atoms with Crippen LogP contribution in [0.5, 0.6) is 17.2 Å². The molecule has 3 aliphatic rings. The molecule has 1 fully saturated rings. The number of fused-ring (bicyclic) bond motifs is 3. The summed E-state index contributed by atoms with van der Waals surface area (Å²) in [6.07, 6.45) is -7.78. The molecule has 0 radical (unpaired) electrons. The van der Waals surface area contributed by atoms with Gasteiger partial charge in [0.1, 0.15) is 22.8 Å². The third-order valence-electron chi connectivity index (χ3n) is 7.66. The highest BCUT2D eigenvalue weighted by Crippen LogP contribution is 2.52. The van der Waals surface area contributed by atoms with E-state index in [1.165, 1.54) is 32.2 Å². The number of rotatable bonds is 4. The fourth-order valence-corrected chi connectivity index (χ4v) is 5.58. The number of carbonyl (C=O) groups is 3. The molecule has 0 aromatic heterocycles. The van der Waals surface area contributed by atoms with Crippen LogP contribution in [0.2, 0.25) is 0 Å². The molecule has 5 rings (SSSR count). The number of benzene rings is 2. The van der Waals surface area contributed by atoms with Gasteiger partial charge in [-0.05, 0) is 19.9 Å². The van der Waals surface area contributed by atoms with Gasteiger partial charge in [-0.1, -0.05) is 12.1 Å². The van der Waals surface area contributed by atoms with Crippen molar-refractivity contribution in [2.75, 3.05) is 7.11 Å². The van der Waals surface area contributed by atoms with Crippen molar-refractivity contribution >= 4 is 17.3 Å². The molecule has 0 spiro atoms. The van der Waals surface area contributed by atoms with Crippen LogP contribution in [0.3, 0.4) is 0 Å². The lowest BCUT2D eigenvalue weighted by atomic mass is 9.72. The van der Waals surface area contributed by atoms with Crippen molar-refractivity contribution in [1.29, 1.82) is 0 Å². The molecule has 6 atom stereocenters. The number of ether oxygens (including phenoxy) is 3. The molecule has 1 heterocycles. The van der Waals surface area contributed by atoms with Gasteiger partial charge in [0.25, 0.3) is 0 Å². The van der Waals surface area contributed by atoms with Crippen molar-refractivity contribution in [3.05, 3.63) is 51.6 Å². The molecule has 4 N–H and O–H groups in total. The second kappa shape index (κ2) is 9.12. The van der Waals surface area contributed by atoms with Crippen molar-refractivity contribution < 1.29 is 53.4 Å². The van der Waals surface area contributed by atoms with E-state index >= 15 is 0 Å². The van der Waals surface area contributed by atoms with Gasteiger partial charge in [-0.3, -0.25) is 14.4 Å². The number of carbonyl (C=O) groups excluding carboxylic acids is 3. The largest absolute Gasteiger partial charge is 0.507 e. The summed E-state index contributed by atoms with van der Waals surface area (Å²) in [5, 5.41) is 43.9. The molecule has 2 aromatic rings. The Labute approximate surface area is 216 Å². The van der Waals surface area contributed by atoms with Crippen molar-refractivity contribution in [3.8, 4) is 17.2 Å². The van der Waals surface area contributed by atoms with Gasteiger partial charge >= 0.3 is 0 Å². The minimum atomic E-state index is -2.06. The van der Waals surface area contributed by atoms with Crippen LogP contribution in [-0.2, 0) is 20.7 Å². The number of Topliss-reactive ketones (excluding diaryl/α,β-unsaturated/α-hetero) is 1. The fraction of sp³-hybridized carbons (Fsp3) is 0.444. The number of aromatic hydroxyl groups is 2. The zero-order valence-corrected chi connectivity index (χ0v) is 20.9. The molecular weight excluding hydrogens is 503 g/mol. The summed E-state index contributed by atoms with van der Waals surface area (Å²) in [6.45, 7) is 2.55. The molecule has 0 amide bonds. The topological polar surface area (TPSA) is 160 Å². The maximum atomic E-state index is 14.1. The third-order valence-corrected chi connectivity index (χ3v) is 7.66. The minimum Gasteiger partial charge on any atom is -0.507 e. The van der Waals surface area contributed by atoms with E-state index in [4.69, 9.17) is 14.2 Å². The van der Waals surface area contributed by atoms with Crippen LogP contribution in [0.25, 0.3) is 0 Å². The second-order valence-electron chi connectivity index (χ2n) is 9.99. The lowest BCUT2D eigenvalue weighted by molar-refractivity contribution is -0.256. The number of methoxy groups -OCH3 is 1. The lowest BCUT2D eigenvalue weighted by Gasteiger charge is -2.41. The SMILES string of the molecule is COc1cccc2c1C(=O)c1c(O)c3c(c(O)c1C2=O)C[C@@](O)(C(C)=O)CC3OC1CC(O)C(F)C(C)O1. The summed E-state index contributed by atoms with van der Waals surface area (Å²) in [5.41, 5.74) is -3.36. The van der Waals surface area contributed by atoms with E-state index < -0.39 is 89.2 Å². The van der Waals surface area contributed by atoms with E-state index in [-0.39, 0.29) is 34.4 Å². The number of aliphatic hydroxyl groups is 2.